The lowest BCUT2D eigenvalue weighted by Crippen LogP contribution is -2.31. The minimum atomic E-state index is -4.49. The molecule has 0 fully saturated rings. The summed E-state index contributed by atoms with van der Waals surface area (Å²) in [6, 6.07) is 5.18. The van der Waals surface area contributed by atoms with E-state index in [0.717, 1.165) is 0 Å². The van der Waals surface area contributed by atoms with Crippen molar-refractivity contribution in [2.24, 2.45) is 0 Å². The number of hydrogen-bond donors (Lipinski definition) is 0. The molecule has 22 heavy (non-hydrogen) atoms. The average Bonchev–Trinajstić information content (AvgIpc) is 2.94. The fourth-order valence-electron chi connectivity index (χ4n) is 1.48. The Hall–Kier alpha value is -2.16. The molecule has 0 radical (unpaired) electrons. The Kier molecular flexibility index (Phi) is 4.65. The van der Waals surface area contributed by atoms with Crippen LogP contribution in [0.5, 0.6) is 5.19 Å². The maximum Gasteiger partial charge on any atom is 0.427 e. The first kappa shape index (κ1) is 16.2. The molecule has 0 saturated heterocycles. The first-order valence-electron chi connectivity index (χ1n) is 5.95. The minimum absolute atomic E-state index is 0.242. The normalized spacial score (nSPS) is 11.3. The average molecular weight is 334 g/mol. The van der Waals surface area contributed by atoms with Crippen LogP contribution in [-0.2, 0) is 11.0 Å². The van der Waals surface area contributed by atoms with Crippen molar-refractivity contribution in [3.05, 3.63) is 41.2 Å². The number of aromatic nitrogens is 1. The monoisotopic (exact) mass is 334 g/mol. The van der Waals surface area contributed by atoms with Gasteiger partial charge in [-0.15, -0.1) is 0 Å². The number of halogens is 4. The highest BCUT2D eigenvalue weighted by atomic mass is 32.1. The highest BCUT2D eigenvalue weighted by Gasteiger charge is 2.33. The topological polar surface area (TPSA) is 42.4 Å². The summed E-state index contributed by atoms with van der Waals surface area (Å²) < 4.78 is 54.9. The molecule has 0 aliphatic heterocycles. The second kappa shape index (κ2) is 6.30. The van der Waals surface area contributed by atoms with E-state index in [4.69, 9.17) is 4.74 Å². The van der Waals surface area contributed by atoms with Crippen molar-refractivity contribution in [2.45, 2.75) is 6.18 Å². The zero-order valence-corrected chi connectivity index (χ0v) is 12.0. The van der Waals surface area contributed by atoms with Crippen molar-refractivity contribution < 1.29 is 27.1 Å². The molecule has 2 aromatic rings. The second-order valence-corrected chi connectivity index (χ2v) is 5.20. The lowest BCUT2D eigenvalue weighted by atomic mass is 10.3. The maximum atomic E-state index is 12.8. The van der Waals surface area contributed by atoms with Gasteiger partial charge >= 0.3 is 6.18 Å². The second-order valence-electron chi connectivity index (χ2n) is 4.21. The third kappa shape index (κ3) is 3.94. The van der Waals surface area contributed by atoms with Crippen LogP contribution in [-0.4, -0.2) is 24.5 Å². The van der Waals surface area contributed by atoms with Gasteiger partial charge < -0.3 is 9.64 Å². The molecule has 0 aliphatic carbocycles. The Morgan fingerprint density at radius 2 is 1.95 bits per heavy atom. The maximum absolute atomic E-state index is 12.8. The SMILES string of the molecule is CN(C(=O)COc1ncc(C(F)(F)F)s1)c1ccc(F)cc1. The lowest BCUT2D eigenvalue weighted by Gasteiger charge is -2.16. The van der Waals surface area contributed by atoms with Crippen LogP contribution < -0.4 is 9.64 Å². The third-order valence-corrected chi connectivity index (χ3v) is 3.63. The van der Waals surface area contributed by atoms with Crippen LogP contribution in [0.2, 0.25) is 0 Å². The Morgan fingerprint density at radius 3 is 2.50 bits per heavy atom. The molecule has 0 saturated carbocycles. The van der Waals surface area contributed by atoms with E-state index in [9.17, 15) is 22.4 Å². The molecule has 0 atom stereocenters. The quantitative estimate of drug-likeness (QED) is 0.806. The van der Waals surface area contributed by atoms with Crippen molar-refractivity contribution in [1.82, 2.24) is 4.98 Å². The van der Waals surface area contributed by atoms with Crippen molar-refractivity contribution in [3.8, 4) is 5.19 Å². The molecule has 1 aromatic carbocycles. The molecule has 0 aliphatic rings. The predicted molar refractivity (Wildman–Crippen MR) is 72.4 cm³/mol. The van der Waals surface area contributed by atoms with E-state index >= 15 is 0 Å². The summed E-state index contributed by atoms with van der Waals surface area (Å²) in [5, 5.41) is -0.242. The van der Waals surface area contributed by atoms with Gasteiger partial charge in [-0.25, -0.2) is 9.37 Å². The predicted octanol–water partition coefficient (Wildman–Crippen LogP) is 3.34. The number of amides is 1. The molecule has 2 rings (SSSR count). The summed E-state index contributed by atoms with van der Waals surface area (Å²) in [6.45, 7) is -0.474. The molecule has 1 amide bonds. The van der Waals surface area contributed by atoms with Crippen LogP contribution in [0.1, 0.15) is 4.88 Å². The number of carbonyl (C=O) groups excluding carboxylic acids is 1. The molecule has 1 aromatic heterocycles. The molecule has 0 unspecified atom stereocenters. The summed E-state index contributed by atoms with van der Waals surface area (Å²) in [5.41, 5.74) is 0.435. The first-order valence-corrected chi connectivity index (χ1v) is 6.77. The van der Waals surface area contributed by atoms with Crippen LogP contribution >= 0.6 is 11.3 Å². The van der Waals surface area contributed by atoms with E-state index in [2.05, 4.69) is 4.98 Å². The van der Waals surface area contributed by atoms with Gasteiger partial charge in [-0.05, 0) is 24.3 Å². The summed E-state index contributed by atoms with van der Waals surface area (Å²) in [6.07, 6.45) is -3.84. The van der Waals surface area contributed by atoms with E-state index in [1.54, 1.807) is 0 Å². The van der Waals surface area contributed by atoms with E-state index in [0.29, 0.717) is 23.2 Å². The first-order chi connectivity index (χ1) is 10.3. The smallest absolute Gasteiger partial charge is 0.427 e. The number of anilines is 1. The summed E-state index contributed by atoms with van der Waals surface area (Å²) in [4.78, 5) is 15.6. The van der Waals surface area contributed by atoms with E-state index < -0.39 is 29.4 Å². The van der Waals surface area contributed by atoms with Gasteiger partial charge in [0.2, 0.25) is 0 Å². The number of alkyl halides is 3. The number of benzene rings is 1. The highest BCUT2D eigenvalue weighted by molar-refractivity contribution is 7.13. The summed E-state index contributed by atoms with van der Waals surface area (Å²) >= 11 is 0.313. The van der Waals surface area contributed by atoms with Gasteiger partial charge in [0.15, 0.2) is 6.61 Å². The van der Waals surface area contributed by atoms with Crippen molar-refractivity contribution >= 4 is 22.9 Å². The number of rotatable bonds is 4. The molecule has 9 heteroatoms. The molecular weight excluding hydrogens is 324 g/mol. The van der Waals surface area contributed by atoms with Crippen LogP contribution in [0, 0.1) is 5.82 Å². The molecule has 4 nitrogen and oxygen atoms in total. The van der Waals surface area contributed by atoms with Gasteiger partial charge in [-0.1, -0.05) is 11.3 Å². The van der Waals surface area contributed by atoms with Gasteiger partial charge in [0.1, 0.15) is 10.7 Å². The fourth-order valence-corrected chi connectivity index (χ4v) is 2.12. The molecule has 1 heterocycles. The van der Waals surface area contributed by atoms with Crippen molar-refractivity contribution in [2.75, 3.05) is 18.6 Å². The van der Waals surface area contributed by atoms with E-state index in [1.165, 1.54) is 36.2 Å². The molecular formula is C13H10F4N2O2S. The van der Waals surface area contributed by atoms with Gasteiger partial charge in [0.05, 0.1) is 6.20 Å². The minimum Gasteiger partial charge on any atom is -0.460 e. The molecule has 0 N–H and O–H groups in total. The zero-order valence-electron chi connectivity index (χ0n) is 11.2. The van der Waals surface area contributed by atoms with E-state index in [-0.39, 0.29) is 5.19 Å². The lowest BCUT2D eigenvalue weighted by molar-refractivity contribution is -0.134. The Balaban J connectivity index is 1.95. The van der Waals surface area contributed by atoms with Gasteiger partial charge in [-0.2, -0.15) is 13.2 Å². The van der Waals surface area contributed by atoms with E-state index in [1.807, 2.05) is 0 Å². The number of ether oxygens (including phenoxy) is 1. The zero-order chi connectivity index (χ0) is 16.3. The largest absolute Gasteiger partial charge is 0.460 e. The number of hydrogen-bond acceptors (Lipinski definition) is 4. The highest BCUT2D eigenvalue weighted by Crippen LogP contribution is 2.35. The number of nitrogens with zero attached hydrogens (tertiary/aromatic N) is 2. The van der Waals surface area contributed by atoms with Crippen LogP contribution in [0.3, 0.4) is 0 Å². The number of carbonyl (C=O) groups is 1. The van der Waals surface area contributed by atoms with Gasteiger partial charge in [-0.3, -0.25) is 4.79 Å². The van der Waals surface area contributed by atoms with Gasteiger partial charge in [0, 0.05) is 12.7 Å². The fraction of sp³-hybridized carbons (Fsp3) is 0.231. The standard InChI is InChI=1S/C13H10F4N2O2S/c1-19(9-4-2-8(14)3-5-9)11(20)7-21-12-18-6-10(22-12)13(15,16)17/h2-6H,7H2,1H3. The van der Waals surface area contributed by atoms with Gasteiger partial charge in [0.25, 0.3) is 11.1 Å². The number of likely N-dealkylation sites (N-methyl/N-ethyl adjacent to an activating group) is 1. The van der Waals surface area contributed by atoms with Crippen molar-refractivity contribution in [1.29, 1.82) is 0 Å². The summed E-state index contributed by atoms with van der Waals surface area (Å²) in [7, 11) is 1.45. The van der Waals surface area contributed by atoms with Crippen LogP contribution in [0.4, 0.5) is 23.2 Å². The van der Waals surface area contributed by atoms with Crippen LogP contribution in [0.25, 0.3) is 0 Å². The number of thiazole rings is 1. The molecule has 118 valence electrons. The van der Waals surface area contributed by atoms with Crippen molar-refractivity contribution in [3.63, 3.8) is 0 Å². The molecule has 0 spiro atoms. The van der Waals surface area contributed by atoms with Crippen LogP contribution in [0.15, 0.2) is 30.5 Å². The Morgan fingerprint density at radius 1 is 1.32 bits per heavy atom. The Bertz CT molecular complexity index is 655. The third-order valence-electron chi connectivity index (χ3n) is 2.67. The Labute approximate surface area is 127 Å². The summed E-state index contributed by atoms with van der Waals surface area (Å²) in [5.74, 6) is -0.946. The molecule has 0 bridgehead atoms.